The van der Waals surface area contributed by atoms with Crippen LogP contribution in [0.1, 0.15) is 31.1 Å². The molecule has 0 bridgehead atoms. The Bertz CT molecular complexity index is 401. The second-order valence-electron chi connectivity index (χ2n) is 4.59. The summed E-state index contributed by atoms with van der Waals surface area (Å²) in [6.07, 6.45) is 3.08. The number of rotatable bonds is 6. The third-order valence-corrected chi connectivity index (χ3v) is 5.13. The third-order valence-electron chi connectivity index (χ3n) is 3.21. The molecule has 0 atom stereocenters. The first-order valence-electron chi connectivity index (χ1n) is 6.29. The highest BCUT2D eigenvalue weighted by molar-refractivity contribution is 9.10. The molecule has 0 radical (unpaired) electrons. The number of ether oxygens (including phenoxy) is 1. The first-order chi connectivity index (χ1) is 8.69. The van der Waals surface area contributed by atoms with Gasteiger partial charge >= 0.3 is 0 Å². The van der Waals surface area contributed by atoms with E-state index in [2.05, 4.69) is 21.2 Å². The van der Waals surface area contributed by atoms with Crippen LogP contribution in [0.2, 0.25) is 0 Å². The molecule has 1 heterocycles. The molecule has 1 aliphatic rings. The number of amides is 1. The van der Waals surface area contributed by atoms with E-state index >= 15 is 0 Å². The van der Waals surface area contributed by atoms with Gasteiger partial charge in [0.15, 0.2) is 0 Å². The average molecular weight is 332 g/mol. The number of hydrogen-bond acceptors (Lipinski definition) is 3. The summed E-state index contributed by atoms with van der Waals surface area (Å²) in [5.41, 5.74) is 0. The van der Waals surface area contributed by atoms with Crippen LogP contribution >= 0.6 is 27.3 Å². The lowest BCUT2D eigenvalue weighted by molar-refractivity contribution is -0.124. The zero-order valence-electron chi connectivity index (χ0n) is 10.4. The summed E-state index contributed by atoms with van der Waals surface area (Å²) < 4.78 is 6.56. The summed E-state index contributed by atoms with van der Waals surface area (Å²) in [6.45, 7) is 3.41. The topological polar surface area (TPSA) is 38.3 Å². The number of thiophene rings is 1. The Balaban J connectivity index is 1.63. The summed E-state index contributed by atoms with van der Waals surface area (Å²) in [5, 5.41) is 4.99. The monoisotopic (exact) mass is 331 g/mol. The normalized spacial score (nSPS) is 22.6. The van der Waals surface area contributed by atoms with E-state index in [1.165, 1.54) is 4.88 Å². The highest BCUT2D eigenvalue weighted by atomic mass is 79.9. The second kappa shape index (κ2) is 6.68. The molecule has 2 rings (SSSR count). The zero-order valence-corrected chi connectivity index (χ0v) is 12.9. The molecule has 1 N–H and O–H groups in total. The van der Waals surface area contributed by atoms with Gasteiger partial charge in [-0.3, -0.25) is 4.79 Å². The van der Waals surface area contributed by atoms with E-state index in [1.54, 1.807) is 11.3 Å². The molecule has 1 aromatic rings. The molecule has 0 aromatic carbocycles. The van der Waals surface area contributed by atoms with Crippen molar-refractivity contribution in [3.8, 4) is 0 Å². The predicted molar refractivity (Wildman–Crippen MR) is 76.6 cm³/mol. The molecule has 1 saturated carbocycles. The standard InChI is InChI=1S/C13H18BrNO2S/c1-2-17-10-5-9(6-10)7-13(16)15-8-12-11(14)3-4-18-12/h3-4,9-10H,2,5-8H2,1H3,(H,15,16). The van der Waals surface area contributed by atoms with Crippen LogP contribution < -0.4 is 5.32 Å². The molecule has 1 aromatic heterocycles. The van der Waals surface area contributed by atoms with Crippen molar-refractivity contribution in [2.45, 2.75) is 38.8 Å². The van der Waals surface area contributed by atoms with Gasteiger partial charge in [0.05, 0.1) is 12.6 Å². The van der Waals surface area contributed by atoms with Crippen molar-refractivity contribution in [2.75, 3.05) is 6.61 Å². The van der Waals surface area contributed by atoms with Crippen molar-refractivity contribution in [1.29, 1.82) is 0 Å². The molecule has 1 aliphatic carbocycles. The molecule has 1 amide bonds. The predicted octanol–water partition coefficient (Wildman–Crippen LogP) is 3.33. The van der Waals surface area contributed by atoms with Gasteiger partial charge in [-0.25, -0.2) is 0 Å². The summed E-state index contributed by atoms with van der Waals surface area (Å²) in [6, 6.07) is 2.00. The Kier molecular flexibility index (Phi) is 5.21. The highest BCUT2D eigenvalue weighted by Crippen LogP contribution is 2.32. The first-order valence-corrected chi connectivity index (χ1v) is 7.96. The van der Waals surface area contributed by atoms with Gasteiger partial charge in [-0.2, -0.15) is 0 Å². The molecule has 1 fully saturated rings. The van der Waals surface area contributed by atoms with Gasteiger partial charge in [0.2, 0.25) is 5.91 Å². The fourth-order valence-electron chi connectivity index (χ4n) is 2.18. The van der Waals surface area contributed by atoms with Crippen molar-refractivity contribution in [3.63, 3.8) is 0 Å². The maximum Gasteiger partial charge on any atom is 0.220 e. The van der Waals surface area contributed by atoms with Gasteiger partial charge in [-0.15, -0.1) is 11.3 Å². The van der Waals surface area contributed by atoms with Crippen LogP contribution in [0.3, 0.4) is 0 Å². The number of halogens is 1. The summed E-state index contributed by atoms with van der Waals surface area (Å²) in [4.78, 5) is 12.9. The van der Waals surface area contributed by atoms with Crippen LogP contribution in [-0.4, -0.2) is 18.6 Å². The molecular weight excluding hydrogens is 314 g/mol. The molecule has 0 aliphatic heterocycles. The van der Waals surface area contributed by atoms with E-state index in [1.807, 2.05) is 18.4 Å². The average Bonchev–Trinajstić information content (AvgIpc) is 2.69. The van der Waals surface area contributed by atoms with Gasteiger partial charge in [-0.1, -0.05) is 0 Å². The maximum atomic E-state index is 11.8. The highest BCUT2D eigenvalue weighted by Gasteiger charge is 2.30. The van der Waals surface area contributed by atoms with Crippen molar-refractivity contribution in [1.82, 2.24) is 5.32 Å². The number of nitrogens with one attached hydrogen (secondary N) is 1. The SMILES string of the molecule is CCOC1CC(CC(=O)NCc2sccc2Br)C1. The summed E-state index contributed by atoms with van der Waals surface area (Å²) >= 11 is 5.12. The fraction of sp³-hybridized carbons (Fsp3) is 0.615. The maximum absolute atomic E-state index is 11.8. The van der Waals surface area contributed by atoms with Gasteiger partial charge in [0.25, 0.3) is 0 Å². The molecule has 0 spiro atoms. The van der Waals surface area contributed by atoms with Crippen LogP contribution in [0.15, 0.2) is 15.9 Å². The van der Waals surface area contributed by atoms with Crippen LogP contribution in [-0.2, 0) is 16.1 Å². The molecule has 0 saturated heterocycles. The van der Waals surface area contributed by atoms with E-state index in [4.69, 9.17) is 4.74 Å². The third kappa shape index (κ3) is 3.80. The second-order valence-corrected chi connectivity index (χ2v) is 6.44. The number of hydrogen-bond donors (Lipinski definition) is 1. The van der Waals surface area contributed by atoms with E-state index in [9.17, 15) is 4.79 Å². The van der Waals surface area contributed by atoms with E-state index < -0.39 is 0 Å². The van der Waals surface area contributed by atoms with E-state index in [0.717, 1.165) is 23.9 Å². The first kappa shape index (κ1) is 14.0. The molecular formula is C13H18BrNO2S. The van der Waals surface area contributed by atoms with Crippen molar-refractivity contribution in [3.05, 3.63) is 20.8 Å². The largest absolute Gasteiger partial charge is 0.378 e. The summed E-state index contributed by atoms with van der Waals surface area (Å²) in [7, 11) is 0. The fourth-order valence-corrected chi connectivity index (χ4v) is 3.61. The molecule has 100 valence electrons. The lowest BCUT2D eigenvalue weighted by atomic mass is 9.80. The lowest BCUT2D eigenvalue weighted by Crippen LogP contribution is -2.35. The molecule has 0 unspecified atom stereocenters. The van der Waals surface area contributed by atoms with E-state index in [-0.39, 0.29) is 5.91 Å². The summed E-state index contributed by atoms with van der Waals surface area (Å²) in [5.74, 6) is 0.656. The van der Waals surface area contributed by atoms with Crippen molar-refractivity contribution in [2.24, 2.45) is 5.92 Å². The van der Waals surface area contributed by atoms with Gasteiger partial charge in [0.1, 0.15) is 0 Å². The Hall–Kier alpha value is -0.390. The smallest absolute Gasteiger partial charge is 0.220 e. The molecule has 5 heteroatoms. The van der Waals surface area contributed by atoms with Crippen LogP contribution in [0.4, 0.5) is 0 Å². The van der Waals surface area contributed by atoms with Crippen molar-refractivity contribution >= 4 is 33.2 Å². The minimum absolute atomic E-state index is 0.148. The Labute approximate surface area is 120 Å². The van der Waals surface area contributed by atoms with Gasteiger partial charge < -0.3 is 10.1 Å². The quantitative estimate of drug-likeness (QED) is 0.868. The number of carbonyl (C=O) groups is 1. The minimum Gasteiger partial charge on any atom is -0.378 e. The Morgan fingerprint density at radius 3 is 3.00 bits per heavy atom. The van der Waals surface area contributed by atoms with Gasteiger partial charge in [-0.05, 0) is 53.1 Å². The Morgan fingerprint density at radius 1 is 1.61 bits per heavy atom. The zero-order chi connectivity index (χ0) is 13.0. The minimum atomic E-state index is 0.148. The molecule has 3 nitrogen and oxygen atoms in total. The number of carbonyl (C=O) groups excluding carboxylic acids is 1. The molecule has 18 heavy (non-hydrogen) atoms. The Morgan fingerprint density at radius 2 is 2.39 bits per heavy atom. The van der Waals surface area contributed by atoms with Crippen LogP contribution in [0, 0.1) is 5.92 Å². The van der Waals surface area contributed by atoms with Crippen LogP contribution in [0.5, 0.6) is 0 Å². The van der Waals surface area contributed by atoms with Crippen molar-refractivity contribution < 1.29 is 9.53 Å². The lowest BCUT2D eigenvalue weighted by Gasteiger charge is -2.34. The van der Waals surface area contributed by atoms with Crippen LogP contribution in [0.25, 0.3) is 0 Å². The van der Waals surface area contributed by atoms with Gasteiger partial charge in [0, 0.05) is 22.4 Å². The van der Waals surface area contributed by atoms with E-state index in [0.29, 0.717) is 25.0 Å².